The number of hydrogen-bond acceptors (Lipinski definition) is 5. The number of carbonyl (C=O) groups excluding carboxylic acids is 2. The van der Waals surface area contributed by atoms with E-state index in [1.807, 2.05) is 30.3 Å². The maximum Gasteiger partial charge on any atom is 0.305 e. The average Bonchev–Trinajstić information content (AvgIpc) is 2.65. The number of hydrogen-bond donors (Lipinski definition) is 1. The summed E-state index contributed by atoms with van der Waals surface area (Å²) in [4.78, 5) is 27.2. The molecule has 0 bridgehead atoms. The second-order valence-corrected chi connectivity index (χ2v) is 5.44. The molecule has 0 unspecified atom stereocenters. The molecule has 0 saturated heterocycles. The molecule has 0 aliphatic carbocycles. The first-order valence-electron chi connectivity index (χ1n) is 8.23. The average molecular weight is 342 g/mol. The topological polar surface area (TPSA) is 77.5 Å². The lowest BCUT2D eigenvalue weighted by molar-refractivity contribution is -0.140. The van der Waals surface area contributed by atoms with E-state index in [4.69, 9.17) is 4.74 Å². The van der Waals surface area contributed by atoms with E-state index in [1.165, 1.54) is 13.3 Å². The highest BCUT2D eigenvalue weighted by Crippen LogP contribution is 2.18. The van der Waals surface area contributed by atoms with Gasteiger partial charge in [0, 0.05) is 25.2 Å². The van der Waals surface area contributed by atoms with E-state index in [0.717, 1.165) is 19.3 Å². The van der Waals surface area contributed by atoms with Crippen molar-refractivity contribution in [2.24, 2.45) is 0 Å². The van der Waals surface area contributed by atoms with Crippen LogP contribution in [0.4, 0.5) is 0 Å². The molecule has 6 heteroatoms. The maximum absolute atomic E-state index is 12.0. The minimum atomic E-state index is -0.201. The summed E-state index contributed by atoms with van der Waals surface area (Å²) in [6.07, 6.45) is 4.33. The van der Waals surface area contributed by atoms with Crippen LogP contribution in [0.1, 0.15) is 36.0 Å². The van der Waals surface area contributed by atoms with Crippen LogP contribution >= 0.6 is 0 Å². The first-order chi connectivity index (χ1) is 12.2. The molecule has 2 rings (SSSR count). The SMILES string of the molecule is COC(=O)CCCCCNC(=O)c1ccc(Oc2ccccc2)nc1. The first-order valence-corrected chi connectivity index (χ1v) is 8.23. The van der Waals surface area contributed by atoms with E-state index in [-0.39, 0.29) is 11.9 Å². The number of methoxy groups -OCH3 is 1. The number of rotatable bonds is 9. The molecule has 25 heavy (non-hydrogen) atoms. The maximum atomic E-state index is 12.0. The van der Waals surface area contributed by atoms with Crippen LogP contribution in [0.3, 0.4) is 0 Å². The molecule has 1 N–H and O–H groups in total. The van der Waals surface area contributed by atoms with Crippen LogP contribution in [0.2, 0.25) is 0 Å². The molecule has 2 aromatic rings. The van der Waals surface area contributed by atoms with Gasteiger partial charge < -0.3 is 14.8 Å². The van der Waals surface area contributed by atoms with Crippen molar-refractivity contribution in [2.75, 3.05) is 13.7 Å². The molecule has 132 valence electrons. The number of pyridine rings is 1. The van der Waals surface area contributed by atoms with Crippen LogP contribution in [-0.4, -0.2) is 30.5 Å². The van der Waals surface area contributed by atoms with Gasteiger partial charge in [0.1, 0.15) is 5.75 Å². The smallest absolute Gasteiger partial charge is 0.305 e. The summed E-state index contributed by atoms with van der Waals surface area (Å²) in [5.74, 6) is 0.754. The zero-order valence-corrected chi connectivity index (χ0v) is 14.2. The number of aromatic nitrogens is 1. The Kier molecular flexibility index (Phi) is 7.43. The molecular weight excluding hydrogens is 320 g/mol. The summed E-state index contributed by atoms with van der Waals surface area (Å²) in [6, 6.07) is 12.7. The Morgan fingerprint density at radius 2 is 1.84 bits per heavy atom. The zero-order chi connectivity index (χ0) is 17.9. The van der Waals surface area contributed by atoms with Gasteiger partial charge in [-0.1, -0.05) is 24.6 Å². The van der Waals surface area contributed by atoms with Gasteiger partial charge in [-0.05, 0) is 31.0 Å². The van der Waals surface area contributed by atoms with E-state index in [0.29, 0.717) is 30.2 Å². The molecule has 0 fully saturated rings. The number of ether oxygens (including phenoxy) is 2. The summed E-state index contributed by atoms with van der Waals surface area (Å²) < 4.78 is 10.2. The monoisotopic (exact) mass is 342 g/mol. The number of esters is 1. The fraction of sp³-hybridized carbons (Fsp3) is 0.316. The number of amides is 1. The Labute approximate surface area is 147 Å². The molecule has 1 aromatic heterocycles. The van der Waals surface area contributed by atoms with Gasteiger partial charge in [0.25, 0.3) is 5.91 Å². The van der Waals surface area contributed by atoms with Crippen molar-refractivity contribution >= 4 is 11.9 Å². The van der Waals surface area contributed by atoms with Crippen molar-refractivity contribution in [2.45, 2.75) is 25.7 Å². The highest BCUT2D eigenvalue weighted by Gasteiger charge is 2.06. The molecule has 0 spiro atoms. The van der Waals surface area contributed by atoms with E-state index in [2.05, 4.69) is 15.0 Å². The Morgan fingerprint density at radius 1 is 1.04 bits per heavy atom. The summed E-state index contributed by atoms with van der Waals surface area (Å²) in [5, 5.41) is 2.83. The first kappa shape index (κ1) is 18.4. The second kappa shape index (κ2) is 10.1. The molecule has 6 nitrogen and oxygen atoms in total. The minimum absolute atomic E-state index is 0.174. The van der Waals surface area contributed by atoms with Crippen molar-refractivity contribution in [3.8, 4) is 11.6 Å². The molecule has 0 atom stereocenters. The Morgan fingerprint density at radius 3 is 2.52 bits per heavy atom. The number of carbonyl (C=O) groups is 2. The van der Waals surface area contributed by atoms with E-state index in [1.54, 1.807) is 12.1 Å². The van der Waals surface area contributed by atoms with Crippen molar-refractivity contribution < 1.29 is 19.1 Å². The van der Waals surface area contributed by atoms with Crippen LogP contribution in [0.25, 0.3) is 0 Å². The summed E-state index contributed by atoms with van der Waals surface area (Å²) in [7, 11) is 1.38. The number of para-hydroxylation sites is 1. The third-order valence-electron chi connectivity index (χ3n) is 3.54. The van der Waals surface area contributed by atoms with E-state index < -0.39 is 0 Å². The minimum Gasteiger partial charge on any atom is -0.469 e. The normalized spacial score (nSPS) is 10.1. The van der Waals surface area contributed by atoms with Crippen LogP contribution in [0.15, 0.2) is 48.7 Å². The van der Waals surface area contributed by atoms with Gasteiger partial charge in [-0.3, -0.25) is 9.59 Å². The Bertz CT molecular complexity index is 672. The zero-order valence-electron chi connectivity index (χ0n) is 14.2. The van der Waals surface area contributed by atoms with Gasteiger partial charge in [-0.2, -0.15) is 0 Å². The molecular formula is C19H22N2O4. The third-order valence-corrected chi connectivity index (χ3v) is 3.54. The molecule has 1 amide bonds. The second-order valence-electron chi connectivity index (χ2n) is 5.44. The van der Waals surface area contributed by atoms with Gasteiger partial charge in [0.15, 0.2) is 0 Å². The highest BCUT2D eigenvalue weighted by atomic mass is 16.5. The van der Waals surface area contributed by atoms with E-state index in [9.17, 15) is 9.59 Å². The number of nitrogens with zero attached hydrogens (tertiary/aromatic N) is 1. The van der Waals surface area contributed by atoms with E-state index >= 15 is 0 Å². The van der Waals surface area contributed by atoms with Crippen molar-refractivity contribution in [3.63, 3.8) is 0 Å². The Hall–Kier alpha value is -2.89. The van der Waals surface area contributed by atoms with Crippen LogP contribution in [0, 0.1) is 0 Å². The fourth-order valence-electron chi connectivity index (χ4n) is 2.16. The number of unbranched alkanes of at least 4 members (excludes halogenated alkanes) is 2. The molecule has 0 aliphatic rings. The molecule has 0 aliphatic heterocycles. The van der Waals surface area contributed by atoms with Gasteiger partial charge in [-0.25, -0.2) is 4.98 Å². The lowest BCUT2D eigenvalue weighted by Crippen LogP contribution is -2.24. The quantitative estimate of drug-likeness (QED) is 0.559. The fourth-order valence-corrected chi connectivity index (χ4v) is 2.16. The largest absolute Gasteiger partial charge is 0.469 e. The van der Waals surface area contributed by atoms with Gasteiger partial charge in [0.05, 0.1) is 12.7 Å². The summed E-state index contributed by atoms with van der Waals surface area (Å²) in [5.41, 5.74) is 0.481. The van der Waals surface area contributed by atoms with Crippen molar-refractivity contribution in [1.29, 1.82) is 0 Å². The standard InChI is InChI=1S/C19H22N2O4/c1-24-18(22)10-6-3-7-13-20-19(23)15-11-12-17(21-14-15)25-16-8-4-2-5-9-16/h2,4-5,8-9,11-12,14H,3,6-7,10,13H2,1H3,(H,20,23). The lowest BCUT2D eigenvalue weighted by Gasteiger charge is -2.07. The van der Waals surface area contributed by atoms with Crippen molar-refractivity contribution in [1.82, 2.24) is 10.3 Å². The summed E-state index contributed by atoms with van der Waals surface area (Å²) in [6.45, 7) is 0.558. The number of benzene rings is 1. The van der Waals surface area contributed by atoms with Gasteiger partial charge >= 0.3 is 5.97 Å². The number of nitrogens with one attached hydrogen (secondary N) is 1. The van der Waals surface area contributed by atoms with Gasteiger partial charge in [0.2, 0.25) is 5.88 Å². The molecule has 1 aromatic carbocycles. The van der Waals surface area contributed by atoms with Gasteiger partial charge in [-0.15, -0.1) is 0 Å². The predicted octanol–water partition coefficient (Wildman–Crippen LogP) is 3.34. The molecule has 0 radical (unpaired) electrons. The predicted molar refractivity (Wildman–Crippen MR) is 93.6 cm³/mol. The van der Waals surface area contributed by atoms with Crippen LogP contribution < -0.4 is 10.1 Å². The van der Waals surface area contributed by atoms with Crippen LogP contribution in [-0.2, 0) is 9.53 Å². The van der Waals surface area contributed by atoms with Crippen molar-refractivity contribution in [3.05, 3.63) is 54.2 Å². The Balaban J connectivity index is 1.70. The highest BCUT2D eigenvalue weighted by molar-refractivity contribution is 5.93. The molecule has 0 saturated carbocycles. The third kappa shape index (κ3) is 6.63. The van der Waals surface area contributed by atoms with Crippen LogP contribution in [0.5, 0.6) is 11.6 Å². The summed E-state index contributed by atoms with van der Waals surface area (Å²) >= 11 is 0. The molecule has 1 heterocycles. The lowest BCUT2D eigenvalue weighted by atomic mass is 10.2.